The first-order chi connectivity index (χ1) is 14.7. The quantitative estimate of drug-likeness (QED) is 0.412. The van der Waals surface area contributed by atoms with E-state index in [1.54, 1.807) is 18.2 Å². The number of carbonyl (C=O) groups is 2. The number of Topliss-reactive ketones (excluding diaryl/α,β-unsaturated/α-hetero) is 1. The second-order valence-corrected chi connectivity index (χ2v) is 8.61. The van der Waals surface area contributed by atoms with E-state index in [0.29, 0.717) is 28.6 Å². The minimum Gasteiger partial charge on any atom is -0.384 e. The lowest BCUT2D eigenvalue weighted by molar-refractivity contribution is -0.120. The van der Waals surface area contributed by atoms with Gasteiger partial charge in [0.15, 0.2) is 11.4 Å². The van der Waals surface area contributed by atoms with Crippen molar-refractivity contribution in [1.29, 1.82) is 0 Å². The van der Waals surface area contributed by atoms with Crippen LogP contribution in [0.1, 0.15) is 53.2 Å². The van der Waals surface area contributed by atoms with E-state index < -0.39 is 5.60 Å². The number of nitrogens with zero attached hydrogens (tertiary/aromatic N) is 1. The minimum absolute atomic E-state index is 0.0687. The van der Waals surface area contributed by atoms with Gasteiger partial charge in [0.2, 0.25) is 5.91 Å². The number of rotatable bonds is 8. The fraction of sp³-hybridized carbons (Fsp3) is 0.292. The summed E-state index contributed by atoms with van der Waals surface area (Å²) < 4.78 is 0. The molecule has 0 saturated carbocycles. The lowest BCUT2D eigenvalue weighted by atomic mass is 9.88. The molecule has 0 spiro atoms. The van der Waals surface area contributed by atoms with Gasteiger partial charge in [0.1, 0.15) is 0 Å². The zero-order chi connectivity index (χ0) is 22.6. The first-order valence-electron chi connectivity index (χ1n) is 9.95. The number of aryl methyl sites for hydroxylation is 1. The van der Waals surface area contributed by atoms with Crippen LogP contribution in [0.2, 0.25) is 10.0 Å². The maximum absolute atomic E-state index is 12.5. The molecule has 0 aromatic heterocycles. The van der Waals surface area contributed by atoms with Gasteiger partial charge in [-0.3, -0.25) is 9.59 Å². The molecule has 2 aromatic carbocycles. The summed E-state index contributed by atoms with van der Waals surface area (Å²) in [5, 5.41) is 8.03. The highest BCUT2D eigenvalue weighted by Crippen LogP contribution is 2.38. The first-order valence-corrected chi connectivity index (χ1v) is 10.7. The van der Waals surface area contributed by atoms with Crippen molar-refractivity contribution in [2.75, 3.05) is 6.54 Å². The minimum atomic E-state index is -0.676. The average molecular weight is 459 g/mol. The van der Waals surface area contributed by atoms with E-state index in [4.69, 9.17) is 28.0 Å². The topological polar surface area (TPSA) is 67.8 Å². The number of ketones is 1. The molecule has 0 bridgehead atoms. The highest BCUT2D eigenvalue weighted by Gasteiger charge is 2.37. The molecule has 3 rings (SSSR count). The Bertz CT molecular complexity index is 1040. The molecule has 1 atom stereocenters. The molecule has 2 aromatic rings. The van der Waals surface area contributed by atoms with E-state index in [1.165, 1.54) is 0 Å². The molecule has 0 fully saturated rings. The molecule has 5 nitrogen and oxygen atoms in total. The Kier molecular flexibility index (Phi) is 7.19. The maximum atomic E-state index is 12.5. The van der Waals surface area contributed by atoms with Gasteiger partial charge in [-0.2, -0.15) is 0 Å². The monoisotopic (exact) mass is 458 g/mol. The van der Waals surface area contributed by atoms with Crippen molar-refractivity contribution in [3.63, 3.8) is 0 Å². The van der Waals surface area contributed by atoms with E-state index in [-0.39, 0.29) is 24.5 Å². The lowest BCUT2D eigenvalue weighted by Crippen LogP contribution is -2.23. The largest absolute Gasteiger partial charge is 0.384 e. The highest BCUT2D eigenvalue weighted by atomic mass is 35.5. The number of amides is 1. The number of hydrogen-bond donors (Lipinski definition) is 1. The first kappa shape index (κ1) is 23.0. The molecule has 0 radical (unpaired) electrons. The second kappa shape index (κ2) is 9.67. The summed E-state index contributed by atoms with van der Waals surface area (Å²) in [5.74, 6) is -0.235. The van der Waals surface area contributed by atoms with Gasteiger partial charge in [-0.1, -0.05) is 46.6 Å². The van der Waals surface area contributed by atoms with E-state index in [0.717, 1.165) is 22.4 Å². The van der Waals surface area contributed by atoms with Crippen molar-refractivity contribution in [1.82, 2.24) is 5.32 Å². The van der Waals surface area contributed by atoms with Crippen molar-refractivity contribution >= 4 is 40.6 Å². The second-order valence-electron chi connectivity index (χ2n) is 7.74. The van der Waals surface area contributed by atoms with E-state index in [1.807, 2.05) is 38.1 Å². The molecule has 0 aliphatic carbocycles. The third-order valence-corrected chi connectivity index (χ3v) is 5.65. The van der Waals surface area contributed by atoms with Crippen LogP contribution in [0.25, 0.3) is 0 Å². The smallest absolute Gasteiger partial charge is 0.220 e. The standard InChI is InChI=1S/C24H24Cl2N2O3/c1-4-9-27-23(30)8-7-22(29)20-6-5-16(10-15(20)2)21-14-24(3,31-28-21)17-11-18(25)13-19(26)12-17/h4-6,10-13H,1,7-9,14H2,2-3H3,(H,27,30). The van der Waals surface area contributed by atoms with Crippen molar-refractivity contribution < 1.29 is 14.4 Å². The van der Waals surface area contributed by atoms with Gasteiger partial charge in [0, 0.05) is 47.0 Å². The predicted molar refractivity (Wildman–Crippen MR) is 124 cm³/mol. The van der Waals surface area contributed by atoms with Crippen LogP contribution in [0.15, 0.2) is 54.2 Å². The molecule has 7 heteroatoms. The van der Waals surface area contributed by atoms with E-state index in [9.17, 15) is 9.59 Å². The molecule has 1 aliphatic rings. The molecule has 1 N–H and O–H groups in total. The van der Waals surface area contributed by atoms with Gasteiger partial charge in [-0.15, -0.1) is 6.58 Å². The van der Waals surface area contributed by atoms with Crippen molar-refractivity contribution in [3.8, 4) is 0 Å². The lowest BCUT2D eigenvalue weighted by Gasteiger charge is -2.22. The summed E-state index contributed by atoms with van der Waals surface area (Å²) in [5.41, 5.74) is 3.27. The number of oxime groups is 1. The summed E-state index contributed by atoms with van der Waals surface area (Å²) in [7, 11) is 0. The summed E-state index contributed by atoms with van der Waals surface area (Å²) in [4.78, 5) is 30.0. The molecular formula is C24H24Cl2N2O3. The Morgan fingerprint density at radius 2 is 1.90 bits per heavy atom. The SMILES string of the molecule is C=CCNC(=O)CCC(=O)c1ccc(C2=NOC(C)(c3cc(Cl)cc(Cl)c3)C2)cc1C. The van der Waals surface area contributed by atoms with Crippen LogP contribution in [0, 0.1) is 6.92 Å². The third kappa shape index (κ3) is 5.54. The zero-order valence-corrected chi connectivity index (χ0v) is 19.0. The highest BCUT2D eigenvalue weighted by molar-refractivity contribution is 6.34. The van der Waals surface area contributed by atoms with E-state index in [2.05, 4.69) is 17.1 Å². The predicted octanol–water partition coefficient (Wildman–Crippen LogP) is 5.61. The van der Waals surface area contributed by atoms with Crippen LogP contribution in [0.5, 0.6) is 0 Å². The molecule has 31 heavy (non-hydrogen) atoms. The van der Waals surface area contributed by atoms with Crippen molar-refractivity contribution in [2.24, 2.45) is 5.16 Å². The number of benzene rings is 2. The molecular weight excluding hydrogens is 435 g/mol. The summed E-state index contributed by atoms with van der Waals surface area (Å²) >= 11 is 12.3. The van der Waals surface area contributed by atoms with E-state index >= 15 is 0 Å². The maximum Gasteiger partial charge on any atom is 0.220 e. The Morgan fingerprint density at radius 1 is 1.19 bits per heavy atom. The molecule has 1 amide bonds. The Morgan fingerprint density at radius 3 is 2.55 bits per heavy atom. The van der Waals surface area contributed by atoms with Crippen molar-refractivity contribution in [3.05, 3.63) is 81.4 Å². The van der Waals surface area contributed by atoms with Crippen LogP contribution >= 0.6 is 23.2 Å². The third-order valence-electron chi connectivity index (χ3n) is 5.22. The van der Waals surface area contributed by atoms with Crippen LogP contribution in [-0.4, -0.2) is 23.9 Å². The van der Waals surface area contributed by atoms with Gasteiger partial charge in [-0.05, 0) is 49.2 Å². The molecule has 1 heterocycles. The van der Waals surface area contributed by atoms with Gasteiger partial charge >= 0.3 is 0 Å². The van der Waals surface area contributed by atoms with Crippen LogP contribution in [0.3, 0.4) is 0 Å². The van der Waals surface area contributed by atoms with Gasteiger partial charge in [0.25, 0.3) is 0 Å². The number of nitrogens with one attached hydrogen (secondary N) is 1. The van der Waals surface area contributed by atoms with Crippen LogP contribution in [-0.2, 0) is 15.2 Å². The Labute approximate surface area is 192 Å². The molecule has 0 saturated heterocycles. The normalized spacial score (nSPS) is 17.6. The Hall–Kier alpha value is -2.63. The fourth-order valence-corrected chi connectivity index (χ4v) is 4.03. The van der Waals surface area contributed by atoms with Gasteiger partial charge in [0.05, 0.1) is 5.71 Å². The zero-order valence-electron chi connectivity index (χ0n) is 17.5. The number of halogens is 2. The summed E-state index contributed by atoms with van der Waals surface area (Å²) in [6, 6.07) is 10.9. The number of carbonyl (C=O) groups excluding carboxylic acids is 2. The van der Waals surface area contributed by atoms with Crippen LogP contribution < -0.4 is 5.32 Å². The van der Waals surface area contributed by atoms with Gasteiger partial charge in [-0.25, -0.2) is 0 Å². The van der Waals surface area contributed by atoms with Crippen LogP contribution in [0.4, 0.5) is 0 Å². The Balaban J connectivity index is 1.69. The molecule has 1 unspecified atom stereocenters. The molecule has 162 valence electrons. The van der Waals surface area contributed by atoms with Gasteiger partial charge < -0.3 is 10.2 Å². The molecule has 1 aliphatic heterocycles. The van der Waals surface area contributed by atoms with Crippen molar-refractivity contribution in [2.45, 2.75) is 38.7 Å². The summed E-state index contributed by atoms with van der Waals surface area (Å²) in [6.45, 7) is 7.76. The summed E-state index contributed by atoms with van der Waals surface area (Å²) in [6.07, 6.45) is 2.44. The average Bonchev–Trinajstić information content (AvgIpc) is 3.13. The number of hydrogen-bond acceptors (Lipinski definition) is 4. The fourth-order valence-electron chi connectivity index (χ4n) is 3.50.